The van der Waals surface area contributed by atoms with Crippen molar-refractivity contribution in [2.75, 3.05) is 16.8 Å². The molecule has 0 aliphatic heterocycles. The molecule has 0 aliphatic carbocycles. The number of amides is 1. The van der Waals surface area contributed by atoms with Gasteiger partial charge in [0.05, 0.1) is 16.5 Å². The Morgan fingerprint density at radius 1 is 1.30 bits per heavy atom. The topological polar surface area (TPSA) is 55.1 Å². The summed E-state index contributed by atoms with van der Waals surface area (Å²) >= 11 is 9.61. The number of hydrogen-bond acceptors (Lipinski definition) is 3. The molecule has 6 heteroatoms. The van der Waals surface area contributed by atoms with Crippen molar-refractivity contribution >= 4 is 63.2 Å². The van der Waals surface area contributed by atoms with E-state index in [0.29, 0.717) is 10.7 Å². The Kier molecular flexibility index (Phi) is 5.56. The van der Waals surface area contributed by atoms with Gasteiger partial charge in [-0.15, -0.1) is 11.8 Å². The summed E-state index contributed by atoms with van der Waals surface area (Å²) in [5.41, 5.74) is 7.15. The van der Waals surface area contributed by atoms with Crippen LogP contribution in [0.25, 0.3) is 0 Å². The molecule has 2 aromatic carbocycles. The molecule has 0 saturated heterocycles. The van der Waals surface area contributed by atoms with Gasteiger partial charge in [-0.2, -0.15) is 0 Å². The lowest BCUT2D eigenvalue weighted by molar-refractivity contribution is -0.113. The molecule has 104 valence electrons. The molecule has 3 N–H and O–H groups in total. The van der Waals surface area contributed by atoms with Crippen LogP contribution in [0, 0.1) is 3.57 Å². The lowest BCUT2D eigenvalue weighted by Gasteiger charge is -2.08. The molecule has 0 saturated carbocycles. The molecule has 0 radical (unpaired) electrons. The number of nitrogens with one attached hydrogen (secondary N) is 1. The number of carbonyl (C=O) groups excluding carboxylic acids is 1. The summed E-state index contributed by atoms with van der Waals surface area (Å²) in [6.45, 7) is 0. The number of anilines is 2. The highest BCUT2D eigenvalue weighted by molar-refractivity contribution is 14.1. The normalized spacial score (nSPS) is 10.3. The fraction of sp³-hybridized carbons (Fsp3) is 0.0714. The molecule has 0 spiro atoms. The Morgan fingerprint density at radius 3 is 2.80 bits per heavy atom. The lowest BCUT2D eigenvalue weighted by Crippen LogP contribution is -2.14. The molecule has 0 unspecified atom stereocenters. The van der Waals surface area contributed by atoms with Crippen LogP contribution in [0.1, 0.15) is 0 Å². The predicted octanol–water partition coefficient (Wildman–Crippen LogP) is 4.26. The van der Waals surface area contributed by atoms with E-state index in [1.165, 1.54) is 11.8 Å². The second-order valence-electron chi connectivity index (χ2n) is 4.01. The van der Waals surface area contributed by atoms with Gasteiger partial charge in [-0.05, 0) is 52.9 Å². The highest BCUT2D eigenvalue weighted by atomic mass is 127. The van der Waals surface area contributed by atoms with Gasteiger partial charge in [0.2, 0.25) is 5.91 Å². The first-order chi connectivity index (χ1) is 9.56. The third-order valence-electron chi connectivity index (χ3n) is 2.46. The molecule has 20 heavy (non-hydrogen) atoms. The van der Waals surface area contributed by atoms with Gasteiger partial charge < -0.3 is 11.1 Å². The smallest absolute Gasteiger partial charge is 0.234 e. The van der Waals surface area contributed by atoms with Crippen molar-refractivity contribution < 1.29 is 4.79 Å². The number of halogens is 2. The van der Waals surface area contributed by atoms with Crippen molar-refractivity contribution in [2.24, 2.45) is 0 Å². The number of nitrogen functional groups attached to an aromatic ring is 1. The van der Waals surface area contributed by atoms with E-state index >= 15 is 0 Å². The number of para-hydroxylation sites is 1. The Labute approximate surface area is 140 Å². The molecule has 0 fully saturated rings. The zero-order valence-electron chi connectivity index (χ0n) is 10.4. The standard InChI is InChI=1S/C14H12ClIN2OS/c15-10-6-5-9(17)7-13(10)20-8-14(19)18-12-4-2-1-3-11(12)16/h1-7H,8,17H2,(H,18,19). The van der Waals surface area contributed by atoms with Crippen molar-refractivity contribution in [3.8, 4) is 0 Å². The minimum absolute atomic E-state index is 0.0717. The van der Waals surface area contributed by atoms with E-state index < -0.39 is 0 Å². The second-order valence-corrected chi connectivity index (χ2v) is 6.59. The van der Waals surface area contributed by atoms with E-state index in [-0.39, 0.29) is 11.7 Å². The highest BCUT2D eigenvalue weighted by Gasteiger charge is 2.08. The summed E-state index contributed by atoms with van der Waals surface area (Å²) in [4.78, 5) is 12.7. The van der Waals surface area contributed by atoms with Gasteiger partial charge in [-0.25, -0.2) is 0 Å². The summed E-state index contributed by atoms with van der Waals surface area (Å²) in [6, 6.07) is 12.9. The zero-order valence-corrected chi connectivity index (χ0v) is 14.1. The largest absolute Gasteiger partial charge is 0.399 e. The molecule has 2 aromatic rings. The monoisotopic (exact) mass is 418 g/mol. The van der Waals surface area contributed by atoms with E-state index in [1.807, 2.05) is 24.3 Å². The number of benzene rings is 2. The predicted molar refractivity (Wildman–Crippen MR) is 94.4 cm³/mol. The van der Waals surface area contributed by atoms with Crippen LogP contribution in [0.5, 0.6) is 0 Å². The van der Waals surface area contributed by atoms with Crippen LogP contribution in [0.4, 0.5) is 11.4 Å². The summed E-state index contributed by atoms with van der Waals surface area (Å²) < 4.78 is 1.01. The van der Waals surface area contributed by atoms with Gasteiger partial charge in [0.25, 0.3) is 0 Å². The average Bonchev–Trinajstić information content (AvgIpc) is 2.42. The number of hydrogen-bond donors (Lipinski definition) is 2. The van der Waals surface area contributed by atoms with Crippen molar-refractivity contribution in [2.45, 2.75) is 4.90 Å². The maximum Gasteiger partial charge on any atom is 0.234 e. The fourth-order valence-corrected chi connectivity index (χ4v) is 3.11. The van der Waals surface area contributed by atoms with E-state index in [1.54, 1.807) is 18.2 Å². The SMILES string of the molecule is Nc1ccc(Cl)c(SCC(=O)Nc2ccccc2I)c1. The molecule has 1 amide bonds. The summed E-state index contributed by atoms with van der Waals surface area (Å²) in [5.74, 6) is 0.214. The van der Waals surface area contributed by atoms with Gasteiger partial charge >= 0.3 is 0 Å². The van der Waals surface area contributed by atoms with Crippen LogP contribution >= 0.6 is 46.0 Å². The minimum Gasteiger partial charge on any atom is -0.399 e. The number of rotatable bonds is 4. The van der Waals surface area contributed by atoms with Crippen LogP contribution in [-0.4, -0.2) is 11.7 Å². The first-order valence-electron chi connectivity index (χ1n) is 5.78. The third kappa shape index (κ3) is 4.29. The van der Waals surface area contributed by atoms with Crippen LogP contribution < -0.4 is 11.1 Å². The maximum atomic E-state index is 11.9. The average molecular weight is 419 g/mol. The first-order valence-corrected chi connectivity index (χ1v) is 8.22. The minimum atomic E-state index is -0.0717. The van der Waals surface area contributed by atoms with E-state index in [2.05, 4.69) is 27.9 Å². The molecule has 0 heterocycles. The summed E-state index contributed by atoms with van der Waals surface area (Å²) in [7, 11) is 0. The molecule has 0 aliphatic rings. The van der Waals surface area contributed by atoms with Crippen LogP contribution in [0.15, 0.2) is 47.4 Å². The van der Waals surface area contributed by atoms with Gasteiger partial charge in [0.1, 0.15) is 0 Å². The summed E-state index contributed by atoms with van der Waals surface area (Å²) in [5, 5.41) is 3.48. The van der Waals surface area contributed by atoms with Gasteiger partial charge in [-0.1, -0.05) is 23.7 Å². The second kappa shape index (κ2) is 7.19. The van der Waals surface area contributed by atoms with E-state index in [4.69, 9.17) is 17.3 Å². The molecular weight excluding hydrogens is 407 g/mol. The summed E-state index contributed by atoms with van der Waals surface area (Å²) in [6.07, 6.45) is 0. The van der Waals surface area contributed by atoms with Gasteiger partial charge in [0, 0.05) is 14.2 Å². The van der Waals surface area contributed by atoms with Crippen LogP contribution in [0.2, 0.25) is 5.02 Å². The number of thioether (sulfide) groups is 1. The molecular formula is C14H12ClIN2OS. The highest BCUT2D eigenvalue weighted by Crippen LogP contribution is 2.29. The van der Waals surface area contributed by atoms with E-state index in [0.717, 1.165) is 14.2 Å². The molecule has 3 nitrogen and oxygen atoms in total. The Balaban J connectivity index is 1.96. The third-order valence-corrected chi connectivity index (χ3v) is 4.90. The number of carbonyl (C=O) groups is 1. The molecule has 0 aromatic heterocycles. The van der Waals surface area contributed by atoms with Crippen molar-refractivity contribution in [1.29, 1.82) is 0 Å². The Morgan fingerprint density at radius 2 is 2.05 bits per heavy atom. The first kappa shape index (κ1) is 15.5. The molecule has 2 rings (SSSR count). The molecule has 0 bridgehead atoms. The van der Waals surface area contributed by atoms with Crippen molar-refractivity contribution in [3.05, 3.63) is 51.1 Å². The Hall–Kier alpha value is -0.920. The molecule has 0 atom stereocenters. The Bertz CT molecular complexity index is 636. The number of nitrogens with two attached hydrogens (primary N) is 1. The van der Waals surface area contributed by atoms with Gasteiger partial charge in [0.15, 0.2) is 0 Å². The van der Waals surface area contributed by atoms with Crippen molar-refractivity contribution in [1.82, 2.24) is 0 Å². The maximum absolute atomic E-state index is 11.9. The zero-order chi connectivity index (χ0) is 14.5. The fourth-order valence-electron chi connectivity index (χ4n) is 1.52. The van der Waals surface area contributed by atoms with E-state index in [9.17, 15) is 4.79 Å². The van der Waals surface area contributed by atoms with Crippen LogP contribution in [0.3, 0.4) is 0 Å². The van der Waals surface area contributed by atoms with Gasteiger partial charge in [-0.3, -0.25) is 4.79 Å². The van der Waals surface area contributed by atoms with Crippen LogP contribution in [-0.2, 0) is 4.79 Å². The lowest BCUT2D eigenvalue weighted by atomic mass is 10.3. The quantitative estimate of drug-likeness (QED) is 0.443. The van der Waals surface area contributed by atoms with Crippen molar-refractivity contribution in [3.63, 3.8) is 0 Å².